The van der Waals surface area contributed by atoms with E-state index in [4.69, 9.17) is 4.42 Å². The molecule has 0 spiro atoms. The van der Waals surface area contributed by atoms with Crippen LogP contribution in [-0.4, -0.2) is 8.42 Å². The minimum Gasteiger partial charge on any atom is -0.465 e. The van der Waals surface area contributed by atoms with Crippen LogP contribution in [-0.2, 0) is 10.0 Å². The normalized spacial score (nSPS) is 11.7. The highest BCUT2D eigenvalue weighted by atomic mass is 32.2. The molecule has 4 nitrogen and oxygen atoms in total. The van der Waals surface area contributed by atoms with Gasteiger partial charge >= 0.3 is 0 Å². The number of aryl methyl sites for hydroxylation is 2. The lowest BCUT2D eigenvalue weighted by Crippen LogP contribution is -2.16. The number of benzene rings is 1. The molecule has 1 heterocycles. The molecule has 0 fully saturated rings. The van der Waals surface area contributed by atoms with Gasteiger partial charge in [-0.05, 0) is 13.8 Å². The minimum atomic E-state index is -4.46. The van der Waals surface area contributed by atoms with Crippen LogP contribution < -0.4 is 4.72 Å². The zero-order valence-electron chi connectivity index (χ0n) is 10.8. The maximum Gasteiger partial charge on any atom is 0.265 e. The Balaban J connectivity index is 2.54. The molecule has 0 atom stereocenters. The fourth-order valence-electron chi connectivity index (χ4n) is 1.73. The van der Waals surface area contributed by atoms with Gasteiger partial charge < -0.3 is 4.42 Å². The third kappa shape index (κ3) is 2.73. The van der Waals surface area contributed by atoms with E-state index in [2.05, 4.69) is 0 Å². The van der Waals surface area contributed by atoms with E-state index in [0.717, 1.165) is 6.07 Å². The number of hydrogen-bond acceptors (Lipinski definition) is 3. The first kappa shape index (κ1) is 15.4. The van der Waals surface area contributed by atoms with Crippen LogP contribution >= 0.6 is 0 Å². The van der Waals surface area contributed by atoms with Gasteiger partial charge in [-0.25, -0.2) is 26.0 Å². The van der Waals surface area contributed by atoms with Crippen molar-refractivity contribution in [2.45, 2.75) is 18.7 Å². The Bertz CT molecular complexity index is 788. The highest BCUT2D eigenvalue weighted by Crippen LogP contribution is 2.28. The second kappa shape index (κ2) is 5.06. The molecule has 0 unspecified atom stereocenters. The van der Waals surface area contributed by atoms with Crippen LogP contribution in [0.4, 0.5) is 23.2 Å². The topological polar surface area (TPSA) is 59.3 Å². The molecule has 1 aromatic heterocycles. The highest BCUT2D eigenvalue weighted by Gasteiger charge is 2.26. The van der Waals surface area contributed by atoms with Gasteiger partial charge in [0.2, 0.25) is 0 Å². The van der Waals surface area contributed by atoms with Crippen LogP contribution in [0.2, 0.25) is 0 Å². The number of furan rings is 1. The van der Waals surface area contributed by atoms with Crippen molar-refractivity contribution in [3.05, 3.63) is 46.9 Å². The van der Waals surface area contributed by atoms with Gasteiger partial charge in [0.15, 0.2) is 23.3 Å². The van der Waals surface area contributed by atoms with Crippen molar-refractivity contribution in [2.24, 2.45) is 0 Å². The summed E-state index contributed by atoms with van der Waals surface area (Å²) in [5, 5.41) is 0. The van der Waals surface area contributed by atoms with Gasteiger partial charge in [-0.1, -0.05) is 0 Å². The third-order valence-corrected chi connectivity index (χ3v) is 4.09. The summed E-state index contributed by atoms with van der Waals surface area (Å²) in [5.41, 5.74) is -1.43. The lowest BCUT2D eigenvalue weighted by atomic mass is 10.3. The maximum atomic E-state index is 13.5. The molecular weight excluding hydrogens is 314 g/mol. The van der Waals surface area contributed by atoms with Crippen molar-refractivity contribution in [2.75, 3.05) is 4.72 Å². The first-order valence-electron chi connectivity index (χ1n) is 5.56. The number of halogens is 4. The largest absolute Gasteiger partial charge is 0.465 e. The molecule has 1 aromatic carbocycles. The number of sulfonamides is 1. The summed E-state index contributed by atoms with van der Waals surface area (Å²) in [4.78, 5) is -0.386. The molecule has 0 radical (unpaired) electrons. The molecule has 2 aromatic rings. The lowest BCUT2D eigenvalue weighted by molar-refractivity contribution is 0.459. The Kier molecular flexibility index (Phi) is 3.70. The van der Waals surface area contributed by atoms with Gasteiger partial charge in [0.1, 0.15) is 22.1 Å². The van der Waals surface area contributed by atoms with Gasteiger partial charge in [0.05, 0.1) is 0 Å². The summed E-state index contributed by atoms with van der Waals surface area (Å²) < 4.78 is 83.5. The van der Waals surface area contributed by atoms with E-state index in [0.29, 0.717) is 0 Å². The Labute approximate surface area is 117 Å². The molecule has 21 heavy (non-hydrogen) atoms. The molecule has 0 bridgehead atoms. The smallest absolute Gasteiger partial charge is 0.265 e. The van der Waals surface area contributed by atoms with Gasteiger partial charge in [0, 0.05) is 12.1 Å². The van der Waals surface area contributed by atoms with Gasteiger partial charge in [-0.3, -0.25) is 4.72 Å². The fraction of sp³-hybridized carbons (Fsp3) is 0.167. The van der Waals surface area contributed by atoms with E-state index in [1.54, 1.807) is 0 Å². The minimum absolute atomic E-state index is 0.0181. The Morgan fingerprint density at radius 2 is 1.52 bits per heavy atom. The molecule has 114 valence electrons. The molecule has 0 aliphatic heterocycles. The molecule has 2 rings (SSSR count). The summed E-state index contributed by atoms with van der Waals surface area (Å²) in [6.07, 6.45) is 0. The van der Waals surface area contributed by atoms with Crippen molar-refractivity contribution in [1.29, 1.82) is 0 Å². The number of nitrogens with one attached hydrogen (secondary N) is 1. The van der Waals surface area contributed by atoms with Crippen LogP contribution in [0.3, 0.4) is 0 Å². The van der Waals surface area contributed by atoms with Crippen molar-refractivity contribution in [3.63, 3.8) is 0 Å². The first-order valence-corrected chi connectivity index (χ1v) is 7.04. The summed E-state index contributed by atoms with van der Waals surface area (Å²) >= 11 is 0. The monoisotopic (exact) mass is 323 g/mol. The van der Waals surface area contributed by atoms with Crippen molar-refractivity contribution in [1.82, 2.24) is 0 Å². The average molecular weight is 323 g/mol. The predicted octanol–water partition coefficient (Wildman–Crippen LogP) is 3.25. The molecule has 0 saturated heterocycles. The van der Waals surface area contributed by atoms with Crippen LogP contribution in [0.1, 0.15) is 11.5 Å². The summed E-state index contributed by atoms with van der Waals surface area (Å²) in [6, 6.07) is 1.10. The zero-order valence-corrected chi connectivity index (χ0v) is 11.6. The van der Waals surface area contributed by atoms with E-state index in [9.17, 15) is 26.0 Å². The van der Waals surface area contributed by atoms with Crippen molar-refractivity contribution < 1.29 is 30.4 Å². The molecular formula is C12H9F4NO3S. The quantitative estimate of drug-likeness (QED) is 0.697. The number of hydrogen-bond donors (Lipinski definition) is 1. The van der Waals surface area contributed by atoms with Crippen LogP contribution in [0, 0.1) is 37.1 Å². The zero-order chi connectivity index (χ0) is 15.9. The average Bonchev–Trinajstić information content (AvgIpc) is 2.72. The van der Waals surface area contributed by atoms with E-state index < -0.39 is 39.0 Å². The fourth-order valence-corrected chi connectivity index (χ4v) is 3.03. The summed E-state index contributed by atoms with van der Waals surface area (Å²) in [6.45, 7) is 2.79. The molecule has 1 N–H and O–H groups in total. The number of rotatable bonds is 3. The van der Waals surface area contributed by atoms with Gasteiger partial charge in [0.25, 0.3) is 10.0 Å². The molecule has 0 aliphatic carbocycles. The van der Waals surface area contributed by atoms with E-state index in [1.165, 1.54) is 18.6 Å². The van der Waals surface area contributed by atoms with Crippen molar-refractivity contribution in [3.8, 4) is 0 Å². The first-order chi connectivity index (χ1) is 9.63. The van der Waals surface area contributed by atoms with Crippen LogP contribution in [0.15, 0.2) is 21.4 Å². The second-order valence-electron chi connectivity index (χ2n) is 4.23. The van der Waals surface area contributed by atoms with Gasteiger partial charge in [-0.15, -0.1) is 0 Å². The van der Waals surface area contributed by atoms with E-state index >= 15 is 0 Å². The highest BCUT2D eigenvalue weighted by molar-refractivity contribution is 7.92. The van der Waals surface area contributed by atoms with Gasteiger partial charge in [-0.2, -0.15) is 0 Å². The van der Waals surface area contributed by atoms with Crippen LogP contribution in [0.25, 0.3) is 0 Å². The van der Waals surface area contributed by atoms with E-state index in [1.807, 2.05) is 0 Å². The molecule has 0 aliphatic rings. The number of anilines is 1. The standard InChI is InChI=1S/C12H9F4NO3S/c1-5-3-9(6(2)20-5)21(18,19)17-12-10(15)7(13)4-8(14)11(12)16/h3-4,17H,1-2H3. The second-order valence-corrected chi connectivity index (χ2v) is 5.88. The Hall–Kier alpha value is -2.03. The SMILES string of the molecule is Cc1cc(S(=O)(=O)Nc2c(F)c(F)cc(F)c2F)c(C)o1. The molecule has 9 heteroatoms. The summed E-state index contributed by atoms with van der Waals surface area (Å²) in [7, 11) is -4.46. The molecule has 0 saturated carbocycles. The Morgan fingerprint density at radius 1 is 1.00 bits per heavy atom. The Morgan fingerprint density at radius 3 is 1.95 bits per heavy atom. The predicted molar refractivity (Wildman–Crippen MR) is 65.3 cm³/mol. The third-order valence-electron chi connectivity index (χ3n) is 2.63. The van der Waals surface area contributed by atoms with E-state index in [-0.39, 0.29) is 22.5 Å². The summed E-state index contributed by atoms with van der Waals surface area (Å²) in [5.74, 6) is -6.89. The lowest BCUT2D eigenvalue weighted by Gasteiger charge is -2.10. The van der Waals surface area contributed by atoms with Crippen LogP contribution in [0.5, 0.6) is 0 Å². The molecule has 0 amide bonds. The maximum absolute atomic E-state index is 13.5. The van der Waals surface area contributed by atoms with Crippen molar-refractivity contribution >= 4 is 15.7 Å².